The van der Waals surface area contributed by atoms with Crippen LogP contribution in [0.4, 0.5) is 0 Å². The Morgan fingerprint density at radius 3 is 2.62 bits per heavy atom. The zero-order chi connectivity index (χ0) is 20.1. The van der Waals surface area contributed by atoms with Crippen LogP contribution in [0.2, 0.25) is 0 Å². The second-order valence-electron chi connectivity index (χ2n) is 7.17. The van der Waals surface area contributed by atoms with Crippen molar-refractivity contribution in [1.82, 2.24) is 4.90 Å². The predicted octanol–water partition coefficient (Wildman–Crippen LogP) is 3.03. The maximum atomic E-state index is 13.0. The molecular weight excluding hydrogens is 390 g/mol. The van der Waals surface area contributed by atoms with Gasteiger partial charge in [0.25, 0.3) is 5.91 Å². The van der Waals surface area contributed by atoms with Crippen molar-refractivity contribution in [2.24, 2.45) is 0 Å². The summed E-state index contributed by atoms with van der Waals surface area (Å²) in [5.74, 6) is 0.334. The van der Waals surface area contributed by atoms with E-state index in [-0.39, 0.29) is 18.4 Å². The molecule has 2 atom stereocenters. The third-order valence-corrected chi connectivity index (χ3v) is 5.88. The van der Waals surface area contributed by atoms with Gasteiger partial charge in [-0.05, 0) is 39.6 Å². The van der Waals surface area contributed by atoms with Gasteiger partial charge in [-0.15, -0.1) is 0 Å². The molecule has 1 aromatic heterocycles. The second-order valence-corrected chi connectivity index (χ2v) is 7.95. The zero-order valence-corrected chi connectivity index (χ0v) is 17.0. The van der Waals surface area contributed by atoms with E-state index in [0.29, 0.717) is 45.1 Å². The van der Waals surface area contributed by atoms with E-state index >= 15 is 0 Å². The summed E-state index contributed by atoms with van der Waals surface area (Å²) in [6.07, 6.45) is 2.09. The Balaban J connectivity index is 1.46. The van der Waals surface area contributed by atoms with Crippen molar-refractivity contribution in [3.05, 3.63) is 69.6 Å². The molecular formula is C22H25NO5S. The number of rotatable bonds is 6. The van der Waals surface area contributed by atoms with Crippen molar-refractivity contribution in [1.29, 1.82) is 0 Å². The number of amides is 1. The standard InChI is InChI=1S/C22H25NO5S/c24-13-16-1-3-17(4-2-16)14-27-21-12-19(18-5-10-29-15-18)11-20(28-21)22(25)23-6-8-26-9-7-23/h1-5,10-11,15,19,21,24H,6-9,12-14H2/t19-,21+/m1/s1. The van der Waals surface area contributed by atoms with E-state index in [2.05, 4.69) is 11.4 Å². The van der Waals surface area contributed by atoms with E-state index in [1.54, 1.807) is 16.2 Å². The van der Waals surface area contributed by atoms with Crippen molar-refractivity contribution in [2.75, 3.05) is 26.3 Å². The number of thiophene rings is 1. The van der Waals surface area contributed by atoms with E-state index in [1.165, 1.54) is 5.56 Å². The summed E-state index contributed by atoms with van der Waals surface area (Å²) in [7, 11) is 0. The molecule has 0 saturated carbocycles. The van der Waals surface area contributed by atoms with Gasteiger partial charge >= 0.3 is 0 Å². The van der Waals surface area contributed by atoms with Gasteiger partial charge in [-0.2, -0.15) is 11.3 Å². The Kier molecular flexibility index (Phi) is 6.61. The van der Waals surface area contributed by atoms with E-state index < -0.39 is 6.29 Å². The number of aliphatic hydroxyl groups is 1. The third-order valence-electron chi connectivity index (χ3n) is 5.18. The minimum Gasteiger partial charge on any atom is -0.459 e. The molecule has 0 aliphatic carbocycles. The van der Waals surface area contributed by atoms with Gasteiger partial charge in [0, 0.05) is 25.4 Å². The fourth-order valence-electron chi connectivity index (χ4n) is 3.48. The summed E-state index contributed by atoms with van der Waals surface area (Å²) in [5.41, 5.74) is 3.03. The minimum atomic E-state index is -0.498. The van der Waals surface area contributed by atoms with Crippen molar-refractivity contribution < 1.29 is 24.1 Å². The van der Waals surface area contributed by atoms with Crippen LogP contribution in [-0.2, 0) is 32.2 Å². The van der Waals surface area contributed by atoms with Gasteiger partial charge in [0.05, 0.1) is 26.4 Å². The van der Waals surface area contributed by atoms with Crippen molar-refractivity contribution in [2.45, 2.75) is 31.8 Å². The van der Waals surface area contributed by atoms with E-state index in [1.807, 2.05) is 35.7 Å². The molecule has 1 fully saturated rings. The fraction of sp³-hybridized carbons (Fsp3) is 0.409. The highest BCUT2D eigenvalue weighted by molar-refractivity contribution is 7.08. The van der Waals surface area contributed by atoms with Crippen LogP contribution in [0.25, 0.3) is 0 Å². The smallest absolute Gasteiger partial charge is 0.288 e. The average Bonchev–Trinajstić information content (AvgIpc) is 3.33. The fourth-order valence-corrected chi connectivity index (χ4v) is 4.21. The highest BCUT2D eigenvalue weighted by atomic mass is 32.1. The summed E-state index contributed by atoms with van der Waals surface area (Å²) in [4.78, 5) is 14.7. The van der Waals surface area contributed by atoms with Gasteiger partial charge in [0.15, 0.2) is 5.76 Å². The summed E-state index contributed by atoms with van der Waals surface area (Å²) in [5, 5.41) is 13.3. The molecule has 0 unspecified atom stereocenters. The Bertz CT molecular complexity index is 827. The first kappa shape index (κ1) is 20.1. The number of carbonyl (C=O) groups excluding carboxylic acids is 1. The molecule has 0 bridgehead atoms. The number of hydrogen-bond donors (Lipinski definition) is 1. The number of aliphatic hydroxyl groups excluding tert-OH is 1. The van der Waals surface area contributed by atoms with Crippen LogP contribution in [0, 0.1) is 0 Å². The van der Waals surface area contributed by atoms with Gasteiger partial charge in [-0.25, -0.2) is 0 Å². The first-order valence-electron chi connectivity index (χ1n) is 9.81. The van der Waals surface area contributed by atoms with E-state index in [0.717, 1.165) is 11.1 Å². The summed E-state index contributed by atoms with van der Waals surface area (Å²) >= 11 is 1.64. The van der Waals surface area contributed by atoms with Crippen molar-refractivity contribution in [3.63, 3.8) is 0 Å². The predicted molar refractivity (Wildman–Crippen MR) is 109 cm³/mol. The van der Waals surface area contributed by atoms with Crippen LogP contribution in [-0.4, -0.2) is 48.5 Å². The number of allylic oxidation sites excluding steroid dienone is 1. The van der Waals surface area contributed by atoms with Gasteiger partial charge in [-0.1, -0.05) is 24.3 Å². The maximum Gasteiger partial charge on any atom is 0.288 e. The molecule has 0 spiro atoms. The highest BCUT2D eigenvalue weighted by Gasteiger charge is 2.31. The van der Waals surface area contributed by atoms with Crippen LogP contribution in [0.5, 0.6) is 0 Å². The Morgan fingerprint density at radius 1 is 1.17 bits per heavy atom. The summed E-state index contributed by atoms with van der Waals surface area (Å²) in [6.45, 7) is 2.66. The number of ether oxygens (including phenoxy) is 3. The molecule has 3 heterocycles. The SMILES string of the molecule is O=C(C1=C[C@@H](c2ccsc2)C[C@@H](OCc2ccc(CO)cc2)O1)N1CCOCC1. The number of carbonyl (C=O) groups is 1. The molecule has 154 valence electrons. The van der Waals surface area contributed by atoms with E-state index in [4.69, 9.17) is 14.2 Å². The number of hydrogen-bond acceptors (Lipinski definition) is 6. The molecule has 6 nitrogen and oxygen atoms in total. The maximum absolute atomic E-state index is 13.0. The number of nitrogens with zero attached hydrogens (tertiary/aromatic N) is 1. The lowest BCUT2D eigenvalue weighted by Gasteiger charge is -2.32. The van der Waals surface area contributed by atoms with Crippen LogP contribution in [0.1, 0.15) is 29.0 Å². The first-order chi connectivity index (χ1) is 14.2. The van der Waals surface area contributed by atoms with Gasteiger partial charge in [0.1, 0.15) is 0 Å². The minimum absolute atomic E-state index is 0.0208. The molecule has 7 heteroatoms. The van der Waals surface area contributed by atoms with Crippen LogP contribution in [0.15, 0.2) is 52.9 Å². The van der Waals surface area contributed by atoms with Gasteiger partial charge < -0.3 is 24.2 Å². The highest BCUT2D eigenvalue weighted by Crippen LogP contribution is 2.33. The lowest BCUT2D eigenvalue weighted by atomic mass is 9.95. The molecule has 1 saturated heterocycles. The lowest BCUT2D eigenvalue weighted by molar-refractivity contribution is -0.158. The molecule has 2 aromatic rings. The molecule has 29 heavy (non-hydrogen) atoms. The quantitative estimate of drug-likeness (QED) is 0.786. The Hall–Kier alpha value is -2.19. The van der Waals surface area contributed by atoms with Crippen LogP contribution < -0.4 is 0 Å². The van der Waals surface area contributed by atoms with Gasteiger partial charge in [0.2, 0.25) is 6.29 Å². The normalized spacial score (nSPS) is 22.1. The molecule has 1 aromatic carbocycles. The second kappa shape index (κ2) is 9.54. The first-order valence-corrected chi connectivity index (χ1v) is 10.7. The molecule has 1 N–H and O–H groups in total. The van der Waals surface area contributed by atoms with Crippen molar-refractivity contribution >= 4 is 17.2 Å². The molecule has 2 aliphatic heterocycles. The molecule has 1 amide bonds. The van der Waals surface area contributed by atoms with Crippen LogP contribution >= 0.6 is 11.3 Å². The molecule has 2 aliphatic rings. The number of benzene rings is 1. The van der Waals surface area contributed by atoms with Gasteiger partial charge in [-0.3, -0.25) is 4.79 Å². The monoisotopic (exact) mass is 415 g/mol. The summed E-state index contributed by atoms with van der Waals surface area (Å²) < 4.78 is 17.3. The molecule has 0 radical (unpaired) electrons. The topological polar surface area (TPSA) is 68.2 Å². The summed E-state index contributed by atoms with van der Waals surface area (Å²) in [6, 6.07) is 9.70. The lowest BCUT2D eigenvalue weighted by Crippen LogP contribution is -2.43. The van der Waals surface area contributed by atoms with E-state index in [9.17, 15) is 9.90 Å². The number of morpholine rings is 1. The Labute approximate surface area is 174 Å². The average molecular weight is 416 g/mol. The third kappa shape index (κ3) is 5.05. The van der Waals surface area contributed by atoms with Crippen molar-refractivity contribution in [3.8, 4) is 0 Å². The van der Waals surface area contributed by atoms with Crippen LogP contribution in [0.3, 0.4) is 0 Å². The molecule has 4 rings (SSSR count). The Morgan fingerprint density at radius 2 is 1.93 bits per heavy atom. The zero-order valence-electron chi connectivity index (χ0n) is 16.2. The largest absolute Gasteiger partial charge is 0.459 e.